The van der Waals surface area contributed by atoms with Crippen LogP contribution in [0.5, 0.6) is 0 Å². The lowest BCUT2D eigenvalue weighted by Gasteiger charge is -2.00. The zero-order chi connectivity index (χ0) is 13.5. The number of thiocarbonyl (C=S) groups is 1. The number of aliphatic imine (C=N–C) groups is 1. The van der Waals surface area contributed by atoms with Gasteiger partial charge in [-0.2, -0.15) is 4.99 Å². The molecule has 0 bridgehead atoms. The van der Waals surface area contributed by atoms with E-state index >= 15 is 0 Å². The van der Waals surface area contributed by atoms with Crippen molar-refractivity contribution in [3.05, 3.63) is 29.3 Å². The number of rotatable bonds is 3. The number of isothiocyanates is 1. The molecule has 1 rings (SSSR count). The van der Waals surface area contributed by atoms with E-state index in [9.17, 15) is 8.78 Å². The molecular weight excluding hydrogens is 252 g/mol. The highest BCUT2D eigenvalue weighted by molar-refractivity contribution is 7.78. The van der Waals surface area contributed by atoms with Crippen molar-refractivity contribution >= 4 is 23.1 Å². The summed E-state index contributed by atoms with van der Waals surface area (Å²) in [6.45, 7) is 4.01. The monoisotopic (exact) mass is 265 g/mol. The minimum Gasteiger partial charge on any atom is -0.206 e. The van der Waals surface area contributed by atoms with Crippen molar-refractivity contribution in [1.82, 2.24) is 0 Å². The van der Waals surface area contributed by atoms with Crippen LogP contribution in [-0.4, -0.2) is 5.16 Å². The summed E-state index contributed by atoms with van der Waals surface area (Å²) < 4.78 is 27.1. The Morgan fingerprint density at radius 3 is 2.67 bits per heavy atom. The second-order valence-corrected chi connectivity index (χ2v) is 4.13. The van der Waals surface area contributed by atoms with Gasteiger partial charge in [0.15, 0.2) is 5.82 Å². The second kappa shape index (κ2) is 7.00. The highest BCUT2D eigenvalue weighted by atomic mass is 32.1. The molecule has 0 aliphatic heterocycles. The van der Waals surface area contributed by atoms with Gasteiger partial charge >= 0.3 is 0 Å². The second-order valence-electron chi connectivity index (χ2n) is 3.95. The lowest BCUT2D eigenvalue weighted by Crippen LogP contribution is -1.91. The smallest absolute Gasteiger partial charge is 0.151 e. The van der Waals surface area contributed by atoms with E-state index < -0.39 is 11.6 Å². The Kier molecular flexibility index (Phi) is 5.64. The van der Waals surface area contributed by atoms with Crippen LogP contribution in [-0.2, 0) is 0 Å². The Labute approximate surface area is 111 Å². The van der Waals surface area contributed by atoms with E-state index in [0.717, 1.165) is 25.0 Å². The normalized spacial score (nSPS) is 11.1. The van der Waals surface area contributed by atoms with Crippen LogP contribution in [0.15, 0.2) is 17.1 Å². The molecule has 94 valence electrons. The first-order valence-electron chi connectivity index (χ1n) is 5.67. The van der Waals surface area contributed by atoms with E-state index in [1.807, 2.05) is 12.1 Å². The molecule has 1 unspecified atom stereocenters. The van der Waals surface area contributed by atoms with Gasteiger partial charge < -0.3 is 0 Å². The van der Waals surface area contributed by atoms with Gasteiger partial charge in [0.2, 0.25) is 0 Å². The molecule has 0 aliphatic carbocycles. The van der Waals surface area contributed by atoms with Crippen molar-refractivity contribution in [2.45, 2.75) is 26.7 Å². The maximum atomic E-state index is 13.6. The quantitative estimate of drug-likeness (QED) is 0.445. The average molecular weight is 265 g/mol. The number of benzene rings is 1. The molecule has 0 fully saturated rings. The van der Waals surface area contributed by atoms with E-state index in [0.29, 0.717) is 0 Å². The Morgan fingerprint density at radius 2 is 2.06 bits per heavy atom. The summed E-state index contributed by atoms with van der Waals surface area (Å²) in [5.74, 6) is 4.46. The largest absolute Gasteiger partial charge is 0.206 e. The van der Waals surface area contributed by atoms with Crippen molar-refractivity contribution in [3.8, 4) is 11.8 Å². The summed E-state index contributed by atoms with van der Waals surface area (Å²) in [6, 6.07) is 2.01. The van der Waals surface area contributed by atoms with Crippen LogP contribution in [0.4, 0.5) is 14.5 Å². The van der Waals surface area contributed by atoms with Gasteiger partial charge in [-0.3, -0.25) is 0 Å². The van der Waals surface area contributed by atoms with Crippen LogP contribution in [0.25, 0.3) is 0 Å². The maximum absolute atomic E-state index is 13.6. The third-order valence-corrected chi connectivity index (χ3v) is 2.47. The first-order chi connectivity index (χ1) is 8.58. The van der Waals surface area contributed by atoms with Gasteiger partial charge in [-0.1, -0.05) is 32.1 Å². The van der Waals surface area contributed by atoms with Crippen LogP contribution in [0, 0.1) is 29.4 Å². The van der Waals surface area contributed by atoms with Crippen LogP contribution in [0.2, 0.25) is 0 Å². The highest BCUT2D eigenvalue weighted by Crippen LogP contribution is 2.21. The first kappa shape index (κ1) is 14.5. The third kappa shape index (κ3) is 4.03. The topological polar surface area (TPSA) is 12.4 Å². The molecule has 0 N–H and O–H groups in total. The van der Waals surface area contributed by atoms with E-state index in [2.05, 4.69) is 36.0 Å². The summed E-state index contributed by atoms with van der Waals surface area (Å²) in [5.41, 5.74) is -0.117. The number of nitrogens with zero attached hydrogens (tertiary/aromatic N) is 1. The van der Waals surface area contributed by atoms with E-state index in [-0.39, 0.29) is 17.2 Å². The fraction of sp³-hybridized carbons (Fsp3) is 0.357. The minimum absolute atomic E-state index is 0.0405. The molecule has 0 radical (unpaired) electrons. The summed E-state index contributed by atoms with van der Waals surface area (Å²) >= 11 is 4.35. The van der Waals surface area contributed by atoms with Crippen LogP contribution in [0.3, 0.4) is 0 Å². The number of hydrogen-bond donors (Lipinski definition) is 0. The highest BCUT2D eigenvalue weighted by Gasteiger charge is 2.07. The Balaban J connectivity index is 3.04. The van der Waals surface area contributed by atoms with Crippen molar-refractivity contribution in [2.75, 3.05) is 0 Å². The van der Waals surface area contributed by atoms with Gasteiger partial charge in [0, 0.05) is 12.0 Å². The third-order valence-electron chi connectivity index (χ3n) is 2.38. The van der Waals surface area contributed by atoms with Gasteiger partial charge in [0.1, 0.15) is 11.5 Å². The van der Waals surface area contributed by atoms with Crippen molar-refractivity contribution in [3.63, 3.8) is 0 Å². The average Bonchev–Trinajstić information content (AvgIpc) is 2.32. The summed E-state index contributed by atoms with van der Waals surface area (Å²) in [6.07, 6.45) is 1.94. The lowest BCUT2D eigenvalue weighted by molar-refractivity contribution is 0.599. The molecule has 0 saturated carbocycles. The molecule has 0 amide bonds. The predicted octanol–water partition coefficient (Wildman–Crippen LogP) is 4.49. The molecule has 0 heterocycles. The fourth-order valence-electron chi connectivity index (χ4n) is 1.47. The van der Waals surface area contributed by atoms with E-state index in [4.69, 9.17) is 0 Å². The number of halogens is 2. The molecule has 1 aromatic rings. The van der Waals surface area contributed by atoms with Gasteiger partial charge in [-0.15, -0.1) is 0 Å². The first-order valence-corrected chi connectivity index (χ1v) is 6.07. The van der Waals surface area contributed by atoms with Gasteiger partial charge in [-0.25, -0.2) is 8.78 Å². The Hall–Kier alpha value is -1.56. The van der Waals surface area contributed by atoms with Crippen molar-refractivity contribution < 1.29 is 8.78 Å². The van der Waals surface area contributed by atoms with Gasteiger partial charge in [0.05, 0.1) is 10.7 Å². The minimum atomic E-state index is -0.652. The summed E-state index contributed by atoms with van der Waals surface area (Å²) in [5, 5.41) is 2.00. The van der Waals surface area contributed by atoms with E-state index in [1.165, 1.54) is 0 Å². The van der Waals surface area contributed by atoms with Gasteiger partial charge in [-0.05, 0) is 24.7 Å². The molecule has 1 atom stereocenters. The maximum Gasteiger partial charge on any atom is 0.151 e. The molecule has 0 aromatic heterocycles. The Bertz CT molecular complexity index is 537. The van der Waals surface area contributed by atoms with Crippen LogP contribution < -0.4 is 0 Å². The van der Waals surface area contributed by atoms with Crippen LogP contribution >= 0.6 is 12.2 Å². The summed E-state index contributed by atoms with van der Waals surface area (Å²) in [7, 11) is 0. The van der Waals surface area contributed by atoms with Crippen molar-refractivity contribution in [1.29, 1.82) is 0 Å². The molecule has 0 spiro atoms. The zero-order valence-electron chi connectivity index (χ0n) is 10.3. The summed E-state index contributed by atoms with van der Waals surface area (Å²) in [4.78, 5) is 3.43. The van der Waals surface area contributed by atoms with Crippen molar-refractivity contribution in [2.24, 2.45) is 10.9 Å². The lowest BCUT2D eigenvalue weighted by atomic mass is 10.1. The predicted molar refractivity (Wildman–Crippen MR) is 72.0 cm³/mol. The zero-order valence-corrected chi connectivity index (χ0v) is 11.1. The Morgan fingerprint density at radius 1 is 1.33 bits per heavy atom. The van der Waals surface area contributed by atoms with Gasteiger partial charge in [0.25, 0.3) is 0 Å². The fourth-order valence-corrected chi connectivity index (χ4v) is 1.57. The standard InChI is InChI=1S/C14H13F2NS/c1-3-4-10(2)5-6-11-7-13(16)14(17-9-18)8-12(11)15/h7-8,10H,3-4H2,1-2H3. The molecular formula is C14H13F2NS. The molecule has 0 saturated heterocycles. The van der Waals surface area contributed by atoms with E-state index in [1.54, 1.807) is 0 Å². The number of hydrogen-bond acceptors (Lipinski definition) is 2. The van der Waals surface area contributed by atoms with Crippen LogP contribution in [0.1, 0.15) is 32.3 Å². The molecule has 1 nitrogen and oxygen atoms in total. The SMILES string of the molecule is CCCC(C)C#Cc1cc(F)c(N=C=S)cc1F. The molecule has 18 heavy (non-hydrogen) atoms. The molecule has 0 aliphatic rings. The molecule has 4 heteroatoms. The molecule has 1 aromatic carbocycles.